The van der Waals surface area contributed by atoms with Crippen molar-refractivity contribution in [2.24, 2.45) is 0 Å². The molecular formula is C13H18O3. The Bertz CT molecular complexity index is 330. The van der Waals surface area contributed by atoms with Crippen molar-refractivity contribution in [3.05, 3.63) is 29.8 Å². The van der Waals surface area contributed by atoms with E-state index in [2.05, 4.69) is 0 Å². The lowest BCUT2D eigenvalue weighted by Gasteiger charge is -2.13. The molecule has 0 heterocycles. The lowest BCUT2D eigenvalue weighted by Crippen LogP contribution is -2.15. The van der Waals surface area contributed by atoms with E-state index >= 15 is 0 Å². The molecule has 1 aromatic carbocycles. The van der Waals surface area contributed by atoms with Crippen LogP contribution in [0.4, 0.5) is 0 Å². The van der Waals surface area contributed by atoms with Gasteiger partial charge >= 0.3 is 0 Å². The summed E-state index contributed by atoms with van der Waals surface area (Å²) in [5.41, 5.74) is 1.08. The minimum Gasteiger partial charge on any atom is -0.490 e. The fourth-order valence-electron chi connectivity index (χ4n) is 1.54. The van der Waals surface area contributed by atoms with Crippen LogP contribution in [-0.4, -0.2) is 23.6 Å². The summed E-state index contributed by atoms with van der Waals surface area (Å²) in [7, 11) is 0. The van der Waals surface area contributed by atoms with E-state index in [0.29, 0.717) is 12.8 Å². The second kappa shape index (κ2) is 6.28. The number of hydrogen-bond acceptors (Lipinski definition) is 3. The standard InChI is InChI=1S/C13H18O3/c1-10(15)9-11(2)16-13-5-3-12(4-6-13)7-8-14/h3-6,11,14H,7-9H2,1-2H3. The van der Waals surface area contributed by atoms with E-state index in [1.54, 1.807) is 6.92 Å². The number of Topliss-reactive ketones (excluding diaryl/α,β-unsaturated/α-hetero) is 1. The number of carbonyl (C=O) groups is 1. The lowest BCUT2D eigenvalue weighted by atomic mass is 10.1. The Morgan fingerprint density at radius 1 is 1.38 bits per heavy atom. The van der Waals surface area contributed by atoms with Crippen LogP contribution in [0.25, 0.3) is 0 Å². The smallest absolute Gasteiger partial charge is 0.133 e. The predicted molar refractivity (Wildman–Crippen MR) is 62.6 cm³/mol. The molecule has 0 amide bonds. The third kappa shape index (κ3) is 4.45. The molecule has 1 aromatic rings. The molecule has 88 valence electrons. The quantitative estimate of drug-likeness (QED) is 0.800. The Morgan fingerprint density at radius 2 is 2.00 bits per heavy atom. The maximum atomic E-state index is 10.9. The van der Waals surface area contributed by atoms with Gasteiger partial charge in [-0.1, -0.05) is 12.1 Å². The molecule has 0 aliphatic heterocycles. The molecule has 0 bridgehead atoms. The molecule has 1 rings (SSSR count). The normalized spacial score (nSPS) is 12.2. The molecule has 0 aliphatic carbocycles. The van der Waals surface area contributed by atoms with Crippen LogP contribution in [0.2, 0.25) is 0 Å². The van der Waals surface area contributed by atoms with Crippen LogP contribution in [0.1, 0.15) is 25.8 Å². The summed E-state index contributed by atoms with van der Waals surface area (Å²) in [6.07, 6.45) is 0.989. The minimum atomic E-state index is -0.0961. The first-order chi connectivity index (χ1) is 7.61. The number of carbonyl (C=O) groups excluding carboxylic acids is 1. The Hall–Kier alpha value is -1.35. The second-order valence-electron chi connectivity index (χ2n) is 3.95. The Morgan fingerprint density at radius 3 is 2.50 bits per heavy atom. The topological polar surface area (TPSA) is 46.5 Å². The maximum absolute atomic E-state index is 10.9. The van der Waals surface area contributed by atoms with Gasteiger partial charge in [-0.3, -0.25) is 4.79 Å². The van der Waals surface area contributed by atoms with E-state index in [0.717, 1.165) is 11.3 Å². The summed E-state index contributed by atoms with van der Waals surface area (Å²) in [5.74, 6) is 0.889. The average Bonchev–Trinajstić information content (AvgIpc) is 2.20. The van der Waals surface area contributed by atoms with E-state index in [4.69, 9.17) is 9.84 Å². The van der Waals surface area contributed by atoms with Gasteiger partial charge in [0, 0.05) is 13.0 Å². The van der Waals surface area contributed by atoms with Crippen LogP contribution < -0.4 is 4.74 Å². The molecule has 0 saturated heterocycles. The van der Waals surface area contributed by atoms with Gasteiger partial charge in [-0.05, 0) is 38.0 Å². The molecule has 0 saturated carbocycles. The Kier molecular flexibility index (Phi) is 4.99. The van der Waals surface area contributed by atoms with Crippen LogP contribution in [0.5, 0.6) is 5.75 Å². The van der Waals surface area contributed by atoms with Gasteiger partial charge < -0.3 is 9.84 Å². The van der Waals surface area contributed by atoms with Crippen molar-refractivity contribution in [1.29, 1.82) is 0 Å². The number of hydrogen-bond donors (Lipinski definition) is 1. The van der Waals surface area contributed by atoms with Gasteiger partial charge in [-0.2, -0.15) is 0 Å². The van der Waals surface area contributed by atoms with Gasteiger partial charge in [0.1, 0.15) is 17.6 Å². The van der Waals surface area contributed by atoms with E-state index in [1.807, 2.05) is 31.2 Å². The molecule has 1 N–H and O–H groups in total. The molecular weight excluding hydrogens is 204 g/mol. The first-order valence-electron chi connectivity index (χ1n) is 5.47. The first-order valence-corrected chi connectivity index (χ1v) is 5.47. The van der Waals surface area contributed by atoms with E-state index in [-0.39, 0.29) is 18.5 Å². The zero-order chi connectivity index (χ0) is 12.0. The average molecular weight is 222 g/mol. The molecule has 1 atom stereocenters. The summed E-state index contributed by atoms with van der Waals surface area (Å²) < 4.78 is 5.57. The minimum absolute atomic E-state index is 0.0961. The fourth-order valence-corrected chi connectivity index (χ4v) is 1.54. The van der Waals surface area contributed by atoms with Crippen LogP contribution >= 0.6 is 0 Å². The van der Waals surface area contributed by atoms with Crippen molar-refractivity contribution in [1.82, 2.24) is 0 Å². The molecule has 0 radical (unpaired) electrons. The van der Waals surface area contributed by atoms with Gasteiger partial charge in [0.15, 0.2) is 0 Å². The van der Waals surface area contributed by atoms with Crippen molar-refractivity contribution in [3.8, 4) is 5.75 Å². The molecule has 3 nitrogen and oxygen atoms in total. The van der Waals surface area contributed by atoms with Crippen LogP contribution in [-0.2, 0) is 11.2 Å². The van der Waals surface area contributed by atoms with E-state index in [1.165, 1.54) is 0 Å². The monoisotopic (exact) mass is 222 g/mol. The van der Waals surface area contributed by atoms with Gasteiger partial charge in [-0.15, -0.1) is 0 Å². The summed E-state index contributed by atoms with van der Waals surface area (Å²) in [6, 6.07) is 7.57. The van der Waals surface area contributed by atoms with Gasteiger partial charge in [0.2, 0.25) is 0 Å². The number of aliphatic hydroxyl groups excluding tert-OH is 1. The fraction of sp³-hybridized carbons (Fsp3) is 0.462. The third-order valence-electron chi connectivity index (χ3n) is 2.24. The van der Waals surface area contributed by atoms with Crippen molar-refractivity contribution in [3.63, 3.8) is 0 Å². The van der Waals surface area contributed by atoms with Crippen molar-refractivity contribution in [2.75, 3.05) is 6.61 Å². The van der Waals surface area contributed by atoms with E-state index in [9.17, 15) is 4.79 Å². The molecule has 0 aromatic heterocycles. The van der Waals surface area contributed by atoms with Crippen LogP contribution in [0.3, 0.4) is 0 Å². The summed E-state index contributed by atoms with van der Waals surface area (Å²) in [4.78, 5) is 10.9. The highest BCUT2D eigenvalue weighted by molar-refractivity contribution is 5.75. The number of rotatable bonds is 6. The van der Waals surface area contributed by atoms with Crippen LogP contribution in [0.15, 0.2) is 24.3 Å². The second-order valence-corrected chi connectivity index (χ2v) is 3.95. The Labute approximate surface area is 96.1 Å². The number of benzene rings is 1. The van der Waals surface area contributed by atoms with Gasteiger partial charge in [0.05, 0.1) is 0 Å². The number of aliphatic hydroxyl groups is 1. The summed E-state index contributed by atoms with van der Waals surface area (Å²) in [6.45, 7) is 3.59. The molecule has 0 spiro atoms. The molecule has 0 fully saturated rings. The zero-order valence-corrected chi connectivity index (χ0v) is 9.77. The highest BCUT2D eigenvalue weighted by Gasteiger charge is 2.06. The van der Waals surface area contributed by atoms with Crippen molar-refractivity contribution < 1.29 is 14.6 Å². The van der Waals surface area contributed by atoms with Gasteiger partial charge in [-0.25, -0.2) is 0 Å². The Balaban J connectivity index is 2.51. The molecule has 3 heteroatoms. The maximum Gasteiger partial charge on any atom is 0.133 e. The highest BCUT2D eigenvalue weighted by atomic mass is 16.5. The van der Waals surface area contributed by atoms with Crippen LogP contribution in [0, 0.1) is 0 Å². The number of ether oxygens (including phenoxy) is 1. The molecule has 16 heavy (non-hydrogen) atoms. The first kappa shape index (κ1) is 12.7. The van der Waals surface area contributed by atoms with E-state index < -0.39 is 0 Å². The zero-order valence-electron chi connectivity index (χ0n) is 9.77. The molecule has 1 unspecified atom stereocenters. The van der Waals surface area contributed by atoms with Crippen molar-refractivity contribution in [2.45, 2.75) is 32.8 Å². The SMILES string of the molecule is CC(=O)CC(C)Oc1ccc(CCO)cc1. The summed E-state index contributed by atoms with van der Waals surface area (Å²) >= 11 is 0. The van der Waals surface area contributed by atoms with Gasteiger partial charge in [0.25, 0.3) is 0 Å². The largest absolute Gasteiger partial charge is 0.490 e. The number of ketones is 1. The molecule has 0 aliphatic rings. The van der Waals surface area contributed by atoms with Crippen molar-refractivity contribution >= 4 is 5.78 Å². The summed E-state index contributed by atoms with van der Waals surface area (Å²) in [5, 5.41) is 8.76. The lowest BCUT2D eigenvalue weighted by molar-refractivity contribution is -0.118. The third-order valence-corrected chi connectivity index (χ3v) is 2.24. The predicted octanol–water partition coefficient (Wildman–Crippen LogP) is 1.97. The highest BCUT2D eigenvalue weighted by Crippen LogP contribution is 2.15.